The van der Waals surface area contributed by atoms with E-state index in [1.165, 1.54) is 19.1 Å². The van der Waals surface area contributed by atoms with Gasteiger partial charge in [0.1, 0.15) is 17.9 Å². The molecule has 27 heavy (non-hydrogen) atoms. The summed E-state index contributed by atoms with van der Waals surface area (Å²) in [5.41, 5.74) is 0. The number of rotatable bonds is 11. The number of aliphatic carboxylic acids is 1. The number of carboxylic acids is 1. The SMILES string of the molecule is CC(NC(=O)C(Cc1ncc[nH]1)NC(=O)CCCCC1CCSS1)C(=O)O. The van der Waals surface area contributed by atoms with Crippen molar-refractivity contribution in [1.29, 1.82) is 0 Å². The minimum absolute atomic E-state index is 0.173. The van der Waals surface area contributed by atoms with Crippen LogP contribution in [0.25, 0.3) is 0 Å². The van der Waals surface area contributed by atoms with Crippen LogP contribution in [0.1, 0.15) is 44.9 Å². The van der Waals surface area contributed by atoms with Crippen LogP contribution in [-0.4, -0.2) is 55.9 Å². The Morgan fingerprint density at radius 1 is 1.37 bits per heavy atom. The van der Waals surface area contributed by atoms with Gasteiger partial charge in [0.15, 0.2) is 0 Å². The molecule has 0 aromatic carbocycles. The number of aromatic amines is 1. The lowest BCUT2D eigenvalue weighted by Gasteiger charge is -2.19. The molecule has 2 amide bonds. The van der Waals surface area contributed by atoms with Gasteiger partial charge in [0, 0.05) is 36.2 Å². The molecule has 0 spiro atoms. The summed E-state index contributed by atoms with van der Waals surface area (Å²) < 4.78 is 0. The second kappa shape index (κ2) is 11.2. The molecule has 0 radical (unpaired) electrons. The minimum Gasteiger partial charge on any atom is -0.480 e. The van der Waals surface area contributed by atoms with Crippen LogP contribution in [0.15, 0.2) is 12.4 Å². The molecule has 2 heterocycles. The average molecular weight is 415 g/mol. The fourth-order valence-electron chi connectivity index (χ4n) is 2.68. The zero-order valence-corrected chi connectivity index (χ0v) is 16.9. The summed E-state index contributed by atoms with van der Waals surface area (Å²) >= 11 is 0. The van der Waals surface area contributed by atoms with Crippen molar-refractivity contribution >= 4 is 39.4 Å². The van der Waals surface area contributed by atoms with Gasteiger partial charge in [-0.3, -0.25) is 14.4 Å². The van der Waals surface area contributed by atoms with E-state index >= 15 is 0 Å². The van der Waals surface area contributed by atoms with E-state index in [1.54, 1.807) is 12.4 Å². The third kappa shape index (κ3) is 7.84. The van der Waals surface area contributed by atoms with Crippen LogP contribution in [0, 0.1) is 0 Å². The standard InChI is InChI=1S/C17H26N4O4S2/c1-11(17(24)25)20-16(23)13(10-14-18-7-8-19-14)21-15(22)5-3-2-4-12-6-9-26-27-12/h7-8,11-13H,2-6,9-10H2,1H3,(H,18,19)(H,20,23)(H,21,22)(H,24,25). The molecule has 0 aliphatic carbocycles. The molecule has 1 aromatic heterocycles. The van der Waals surface area contributed by atoms with Crippen LogP contribution in [0.2, 0.25) is 0 Å². The average Bonchev–Trinajstić information content (AvgIpc) is 3.31. The number of imidazole rings is 1. The van der Waals surface area contributed by atoms with Gasteiger partial charge in [0.05, 0.1) is 0 Å². The highest BCUT2D eigenvalue weighted by Crippen LogP contribution is 2.39. The maximum absolute atomic E-state index is 12.4. The maximum Gasteiger partial charge on any atom is 0.325 e. The normalized spacial score (nSPS) is 18.6. The van der Waals surface area contributed by atoms with Crippen LogP contribution >= 0.6 is 21.6 Å². The molecule has 3 unspecified atom stereocenters. The molecule has 10 heteroatoms. The van der Waals surface area contributed by atoms with Crippen LogP contribution in [0.3, 0.4) is 0 Å². The van der Waals surface area contributed by atoms with E-state index < -0.39 is 24.0 Å². The second-order valence-electron chi connectivity index (χ2n) is 6.50. The van der Waals surface area contributed by atoms with Crippen molar-refractivity contribution in [1.82, 2.24) is 20.6 Å². The summed E-state index contributed by atoms with van der Waals surface area (Å²) in [6, 6.07) is -1.90. The lowest BCUT2D eigenvalue weighted by atomic mass is 10.1. The Labute approximate surface area is 166 Å². The Morgan fingerprint density at radius 2 is 2.19 bits per heavy atom. The number of carbonyl (C=O) groups excluding carboxylic acids is 2. The molecule has 1 fully saturated rings. The first-order chi connectivity index (χ1) is 13.0. The number of nitrogens with one attached hydrogen (secondary N) is 3. The first-order valence-electron chi connectivity index (χ1n) is 9.04. The first-order valence-corrected chi connectivity index (χ1v) is 11.4. The number of aromatic nitrogens is 2. The molecule has 4 N–H and O–H groups in total. The summed E-state index contributed by atoms with van der Waals surface area (Å²) in [4.78, 5) is 42.6. The Bertz CT molecular complexity index is 620. The molecule has 1 aliphatic rings. The van der Waals surface area contributed by atoms with Crippen molar-refractivity contribution in [2.45, 2.75) is 62.8 Å². The topological polar surface area (TPSA) is 124 Å². The largest absolute Gasteiger partial charge is 0.480 e. The first kappa shape index (κ1) is 21.6. The van der Waals surface area contributed by atoms with Gasteiger partial charge < -0.3 is 20.7 Å². The zero-order valence-electron chi connectivity index (χ0n) is 15.3. The van der Waals surface area contributed by atoms with Crippen molar-refractivity contribution in [2.75, 3.05) is 5.75 Å². The fourth-order valence-corrected chi connectivity index (χ4v) is 5.70. The van der Waals surface area contributed by atoms with E-state index in [0.717, 1.165) is 19.3 Å². The van der Waals surface area contributed by atoms with Crippen molar-refractivity contribution in [2.24, 2.45) is 0 Å². The molecular weight excluding hydrogens is 388 g/mol. The van der Waals surface area contributed by atoms with Crippen LogP contribution in [0.4, 0.5) is 0 Å². The Kier molecular flexibility index (Phi) is 8.99. The van der Waals surface area contributed by atoms with Crippen LogP contribution in [0.5, 0.6) is 0 Å². The summed E-state index contributed by atoms with van der Waals surface area (Å²) in [5.74, 6) is -0.121. The zero-order chi connectivity index (χ0) is 19.6. The van der Waals surface area contributed by atoms with Gasteiger partial charge in [-0.15, -0.1) is 0 Å². The molecule has 3 atom stereocenters. The monoisotopic (exact) mass is 414 g/mol. The number of nitrogens with zero attached hydrogens (tertiary/aromatic N) is 1. The molecule has 0 bridgehead atoms. The smallest absolute Gasteiger partial charge is 0.325 e. The summed E-state index contributed by atoms with van der Waals surface area (Å²) in [6.45, 7) is 1.38. The quantitative estimate of drug-likeness (QED) is 0.321. The molecule has 1 saturated heterocycles. The molecular formula is C17H26N4O4S2. The highest BCUT2D eigenvalue weighted by atomic mass is 33.1. The Balaban J connectivity index is 1.81. The lowest BCUT2D eigenvalue weighted by Crippen LogP contribution is -2.51. The van der Waals surface area contributed by atoms with Gasteiger partial charge in [-0.25, -0.2) is 4.98 Å². The fraction of sp³-hybridized carbons (Fsp3) is 0.647. The van der Waals surface area contributed by atoms with Gasteiger partial charge >= 0.3 is 5.97 Å². The van der Waals surface area contributed by atoms with Gasteiger partial charge in [-0.1, -0.05) is 28.0 Å². The number of hydrogen-bond donors (Lipinski definition) is 4. The van der Waals surface area contributed by atoms with Crippen molar-refractivity contribution in [3.63, 3.8) is 0 Å². The number of carboxylic acid groups (broad SMARTS) is 1. The summed E-state index contributed by atoms with van der Waals surface area (Å²) in [5, 5.41) is 14.8. The summed E-state index contributed by atoms with van der Waals surface area (Å²) in [7, 11) is 3.84. The molecule has 1 aromatic rings. The second-order valence-corrected chi connectivity index (χ2v) is 9.29. The number of unbranched alkanes of at least 4 members (excludes halogenated alkanes) is 1. The number of carbonyl (C=O) groups is 3. The molecule has 1 aliphatic heterocycles. The lowest BCUT2D eigenvalue weighted by molar-refractivity contribution is -0.141. The molecule has 0 saturated carbocycles. The Morgan fingerprint density at radius 3 is 2.81 bits per heavy atom. The van der Waals surface area contributed by atoms with Crippen molar-refractivity contribution < 1.29 is 19.5 Å². The minimum atomic E-state index is -1.13. The maximum atomic E-state index is 12.4. The van der Waals surface area contributed by atoms with Crippen molar-refractivity contribution in [3.8, 4) is 0 Å². The Hall–Kier alpha value is -1.68. The third-order valence-electron chi connectivity index (χ3n) is 4.24. The highest BCUT2D eigenvalue weighted by molar-refractivity contribution is 8.77. The van der Waals surface area contributed by atoms with Crippen molar-refractivity contribution in [3.05, 3.63) is 18.2 Å². The van der Waals surface area contributed by atoms with E-state index in [1.807, 2.05) is 21.6 Å². The van der Waals surface area contributed by atoms with E-state index in [2.05, 4.69) is 20.6 Å². The van der Waals surface area contributed by atoms with Crippen LogP contribution < -0.4 is 10.6 Å². The van der Waals surface area contributed by atoms with Gasteiger partial charge in [0.2, 0.25) is 11.8 Å². The van der Waals surface area contributed by atoms with Gasteiger partial charge in [-0.2, -0.15) is 0 Å². The van der Waals surface area contributed by atoms with E-state index in [4.69, 9.17) is 5.11 Å². The van der Waals surface area contributed by atoms with E-state index in [0.29, 0.717) is 17.5 Å². The summed E-state index contributed by atoms with van der Waals surface area (Å²) in [6.07, 6.45) is 7.81. The van der Waals surface area contributed by atoms with E-state index in [9.17, 15) is 14.4 Å². The number of H-pyrrole nitrogens is 1. The predicted octanol–water partition coefficient (Wildman–Crippen LogP) is 1.74. The van der Waals surface area contributed by atoms with E-state index in [-0.39, 0.29) is 12.3 Å². The number of amides is 2. The molecule has 150 valence electrons. The van der Waals surface area contributed by atoms with Crippen LogP contribution in [-0.2, 0) is 20.8 Å². The molecule has 2 rings (SSSR count). The third-order valence-corrected chi connectivity index (χ3v) is 7.25. The molecule has 8 nitrogen and oxygen atoms in total. The van der Waals surface area contributed by atoms with Gasteiger partial charge in [-0.05, 0) is 26.2 Å². The predicted molar refractivity (Wildman–Crippen MR) is 106 cm³/mol. The van der Waals surface area contributed by atoms with Gasteiger partial charge in [0.25, 0.3) is 0 Å². The highest BCUT2D eigenvalue weighted by Gasteiger charge is 2.25. The number of hydrogen-bond acceptors (Lipinski definition) is 6.